The van der Waals surface area contributed by atoms with Gasteiger partial charge in [-0.3, -0.25) is 14.9 Å². The maximum Gasteiger partial charge on any atom is 0.312 e. The smallest absolute Gasteiger partial charge is 0.312 e. The molecule has 27 heavy (non-hydrogen) atoms. The molecule has 0 aromatic heterocycles. The average molecular weight is 392 g/mol. The van der Waals surface area contributed by atoms with Crippen molar-refractivity contribution in [3.05, 3.63) is 57.6 Å². The highest BCUT2D eigenvalue weighted by molar-refractivity contribution is 7.90. The number of methoxy groups -OCH3 is 1. The van der Waals surface area contributed by atoms with Crippen molar-refractivity contribution < 1.29 is 28.0 Å². The van der Waals surface area contributed by atoms with Gasteiger partial charge in [0.05, 0.1) is 22.8 Å². The maximum absolute atomic E-state index is 12.6. The third-order valence-electron chi connectivity index (χ3n) is 4.45. The summed E-state index contributed by atoms with van der Waals surface area (Å²) in [6.07, 6.45) is 0.995. The molecule has 2 aromatic carbocycles. The highest BCUT2D eigenvalue weighted by atomic mass is 32.2. The summed E-state index contributed by atoms with van der Waals surface area (Å²) in [6.45, 7) is 0. The van der Waals surface area contributed by atoms with Gasteiger partial charge in [0.1, 0.15) is 5.75 Å². The van der Waals surface area contributed by atoms with Crippen LogP contribution in [0.15, 0.2) is 41.3 Å². The third-order valence-corrected chi connectivity index (χ3v) is 5.80. The molecule has 1 amide bonds. The normalized spacial score (nSPS) is 15.8. The van der Waals surface area contributed by atoms with Gasteiger partial charge in [-0.05, 0) is 42.2 Å². The summed E-state index contributed by atoms with van der Waals surface area (Å²) < 4.78 is 32.2. The molecule has 0 heterocycles. The second-order valence-electron chi connectivity index (χ2n) is 6.00. The van der Waals surface area contributed by atoms with Gasteiger partial charge in [-0.1, -0.05) is 12.1 Å². The molecule has 0 bridgehead atoms. The van der Waals surface area contributed by atoms with Crippen molar-refractivity contribution in [1.29, 1.82) is 0 Å². The number of nitrogens with one attached hydrogen (secondary N) is 1. The minimum absolute atomic E-state index is 0.423. The van der Waals surface area contributed by atoms with E-state index < -0.39 is 43.1 Å². The number of hydrogen-bond donors (Lipinski definition) is 2. The number of nitrogens with zero attached hydrogens (tertiary/aromatic N) is 1. The van der Waals surface area contributed by atoms with E-state index in [1.54, 1.807) is 18.2 Å². The molecular weight excluding hydrogens is 376 g/mol. The van der Waals surface area contributed by atoms with Crippen molar-refractivity contribution >= 4 is 21.6 Å². The molecule has 1 aliphatic rings. The molecule has 0 saturated carbocycles. The number of aromatic hydroxyl groups is 1. The first kappa shape index (κ1) is 18.6. The number of carbonyl (C=O) groups excluding carboxylic acids is 1. The van der Waals surface area contributed by atoms with Crippen molar-refractivity contribution in [3.63, 3.8) is 0 Å². The number of rotatable bonds is 5. The Labute approximate surface area is 154 Å². The van der Waals surface area contributed by atoms with E-state index >= 15 is 0 Å². The molecule has 0 radical (unpaired) electrons. The number of phenols is 1. The summed E-state index contributed by atoms with van der Waals surface area (Å²) in [4.78, 5) is 22.1. The van der Waals surface area contributed by atoms with E-state index in [1.807, 2.05) is 4.72 Å². The Morgan fingerprint density at radius 3 is 2.74 bits per heavy atom. The molecule has 0 saturated heterocycles. The topological polar surface area (TPSA) is 136 Å². The molecule has 1 unspecified atom stereocenters. The molecule has 142 valence electrons. The fourth-order valence-electron chi connectivity index (χ4n) is 3.16. The van der Waals surface area contributed by atoms with E-state index in [0.29, 0.717) is 30.2 Å². The first-order chi connectivity index (χ1) is 12.7. The number of carbonyl (C=O) groups is 1. The molecule has 9 nitrogen and oxygen atoms in total. The Morgan fingerprint density at radius 1 is 1.33 bits per heavy atom. The quantitative estimate of drug-likeness (QED) is 0.585. The summed E-state index contributed by atoms with van der Waals surface area (Å²) in [5, 5.41) is 20.3. The Bertz CT molecular complexity index is 1030. The number of hydrogen-bond acceptors (Lipinski definition) is 7. The first-order valence-corrected chi connectivity index (χ1v) is 9.42. The van der Waals surface area contributed by atoms with Crippen LogP contribution < -0.4 is 9.46 Å². The summed E-state index contributed by atoms with van der Waals surface area (Å²) in [5.74, 6) is -1.42. The SMILES string of the molecule is COc1cccc2c1CCC2C(=O)NS(=O)(=O)c1ccc(O)c([N+](=O)[O-])c1. The summed E-state index contributed by atoms with van der Waals surface area (Å²) >= 11 is 0. The molecule has 0 spiro atoms. The highest BCUT2D eigenvalue weighted by Gasteiger charge is 2.33. The highest BCUT2D eigenvalue weighted by Crippen LogP contribution is 2.38. The van der Waals surface area contributed by atoms with Crippen LogP contribution in [0.3, 0.4) is 0 Å². The van der Waals surface area contributed by atoms with Gasteiger partial charge in [0.25, 0.3) is 10.0 Å². The minimum atomic E-state index is -4.33. The number of ether oxygens (including phenoxy) is 1. The van der Waals surface area contributed by atoms with Crippen molar-refractivity contribution in [2.45, 2.75) is 23.7 Å². The van der Waals surface area contributed by atoms with Crippen LogP contribution in [0.2, 0.25) is 0 Å². The minimum Gasteiger partial charge on any atom is -0.502 e. The monoisotopic (exact) mass is 392 g/mol. The molecule has 3 rings (SSSR count). The second-order valence-corrected chi connectivity index (χ2v) is 7.68. The fourth-order valence-corrected chi connectivity index (χ4v) is 4.20. The predicted molar refractivity (Wildman–Crippen MR) is 94.1 cm³/mol. The summed E-state index contributed by atoms with van der Waals surface area (Å²) in [7, 11) is -2.82. The Balaban J connectivity index is 1.87. The Kier molecular flexibility index (Phi) is 4.75. The van der Waals surface area contributed by atoms with E-state index in [1.165, 1.54) is 7.11 Å². The van der Waals surface area contributed by atoms with Crippen molar-refractivity contribution in [2.75, 3.05) is 7.11 Å². The van der Waals surface area contributed by atoms with Crippen LogP contribution in [0.4, 0.5) is 5.69 Å². The van der Waals surface area contributed by atoms with Crippen LogP contribution in [0.5, 0.6) is 11.5 Å². The van der Waals surface area contributed by atoms with Crippen molar-refractivity contribution in [2.24, 2.45) is 0 Å². The molecule has 2 aromatic rings. The van der Waals surface area contributed by atoms with Gasteiger partial charge in [0, 0.05) is 6.07 Å². The van der Waals surface area contributed by atoms with E-state index in [9.17, 15) is 28.4 Å². The lowest BCUT2D eigenvalue weighted by Gasteiger charge is -2.13. The van der Waals surface area contributed by atoms with E-state index in [-0.39, 0.29) is 0 Å². The van der Waals surface area contributed by atoms with Crippen molar-refractivity contribution in [1.82, 2.24) is 4.72 Å². The number of benzene rings is 2. The Hall–Kier alpha value is -3.14. The molecule has 1 atom stereocenters. The van der Waals surface area contributed by atoms with Gasteiger partial charge >= 0.3 is 5.69 Å². The molecule has 0 aliphatic heterocycles. The maximum atomic E-state index is 12.6. The third kappa shape index (κ3) is 3.43. The lowest BCUT2D eigenvalue weighted by atomic mass is 10.0. The van der Waals surface area contributed by atoms with Crippen LogP contribution >= 0.6 is 0 Å². The van der Waals surface area contributed by atoms with Gasteiger partial charge < -0.3 is 9.84 Å². The summed E-state index contributed by atoms with van der Waals surface area (Å²) in [6, 6.07) is 7.83. The van der Waals surface area contributed by atoms with E-state index in [0.717, 1.165) is 17.7 Å². The largest absolute Gasteiger partial charge is 0.502 e. The molecular formula is C17H16N2O7S. The number of nitro groups is 1. The zero-order valence-corrected chi connectivity index (χ0v) is 15.0. The van der Waals surface area contributed by atoms with Crippen LogP contribution in [0.1, 0.15) is 23.5 Å². The van der Waals surface area contributed by atoms with Gasteiger partial charge in [0.2, 0.25) is 5.91 Å². The molecule has 2 N–H and O–H groups in total. The van der Waals surface area contributed by atoms with Crippen LogP contribution in [0.25, 0.3) is 0 Å². The number of sulfonamides is 1. The van der Waals surface area contributed by atoms with Gasteiger partial charge in [-0.2, -0.15) is 0 Å². The number of amides is 1. The number of fused-ring (bicyclic) bond motifs is 1. The zero-order valence-electron chi connectivity index (χ0n) is 14.2. The lowest BCUT2D eigenvalue weighted by molar-refractivity contribution is -0.386. The van der Waals surface area contributed by atoms with E-state index in [2.05, 4.69) is 0 Å². The van der Waals surface area contributed by atoms with E-state index in [4.69, 9.17) is 4.74 Å². The average Bonchev–Trinajstić information content (AvgIpc) is 3.05. The molecule has 1 aliphatic carbocycles. The predicted octanol–water partition coefficient (Wildman–Crippen LogP) is 1.84. The second kappa shape index (κ2) is 6.88. The first-order valence-electron chi connectivity index (χ1n) is 7.94. The molecule has 0 fully saturated rings. The molecule has 10 heteroatoms. The standard InChI is InChI=1S/C17H16N2O7S/c1-26-16-4-2-3-11-12(16)6-7-13(11)17(21)18-27(24,25)10-5-8-15(20)14(9-10)19(22)23/h2-5,8-9,13,20H,6-7H2,1H3,(H,18,21). The number of phenolic OH excluding ortho intramolecular Hbond substituents is 1. The zero-order chi connectivity index (χ0) is 19.8. The van der Waals surface area contributed by atoms with Gasteiger partial charge in [-0.15, -0.1) is 0 Å². The van der Waals surface area contributed by atoms with Gasteiger partial charge in [0.15, 0.2) is 5.75 Å². The van der Waals surface area contributed by atoms with Gasteiger partial charge in [-0.25, -0.2) is 13.1 Å². The fraction of sp³-hybridized carbons (Fsp3) is 0.235. The Morgan fingerprint density at radius 2 is 2.07 bits per heavy atom. The van der Waals surface area contributed by atoms with Crippen LogP contribution in [-0.4, -0.2) is 31.5 Å². The summed E-state index contributed by atoms with van der Waals surface area (Å²) in [5.41, 5.74) is 0.790. The van der Waals surface area contributed by atoms with Crippen LogP contribution in [-0.2, 0) is 21.2 Å². The number of nitro benzene ring substituents is 1. The lowest BCUT2D eigenvalue weighted by Crippen LogP contribution is -2.34. The van der Waals surface area contributed by atoms with Crippen molar-refractivity contribution in [3.8, 4) is 11.5 Å². The van der Waals surface area contributed by atoms with Crippen LogP contribution in [0, 0.1) is 10.1 Å².